The normalized spacial score (nSPS) is 17.5. The predicted octanol–water partition coefficient (Wildman–Crippen LogP) is 1.65. The lowest BCUT2D eigenvalue weighted by Crippen LogP contribution is -2.48. The fourth-order valence-electron chi connectivity index (χ4n) is 2.22. The van der Waals surface area contributed by atoms with Crippen LogP contribution >= 0.6 is 0 Å². The number of nitrogens with zero attached hydrogens (tertiary/aromatic N) is 3. The molecule has 0 aliphatic carbocycles. The second kappa shape index (κ2) is 5.36. The number of aromatic nitrogens is 1. The van der Waals surface area contributed by atoms with Gasteiger partial charge in [0.1, 0.15) is 5.82 Å². The van der Waals surface area contributed by atoms with Crippen molar-refractivity contribution in [3.8, 4) is 0 Å². The van der Waals surface area contributed by atoms with Crippen LogP contribution < -0.4 is 10.2 Å². The Morgan fingerprint density at radius 2 is 1.88 bits per heavy atom. The number of hydrogen-bond acceptors (Lipinski definition) is 4. The van der Waals surface area contributed by atoms with Crippen molar-refractivity contribution in [3.05, 3.63) is 18.3 Å². The van der Waals surface area contributed by atoms with Gasteiger partial charge in [0, 0.05) is 39.3 Å². The summed E-state index contributed by atoms with van der Waals surface area (Å²) in [6.07, 6.45) is 1.96. The molecule has 0 amide bonds. The number of pyridine rings is 1. The Kier molecular flexibility index (Phi) is 3.84. The second-order valence-electron chi connectivity index (χ2n) is 4.77. The van der Waals surface area contributed by atoms with Crippen LogP contribution in [0, 0.1) is 0 Å². The van der Waals surface area contributed by atoms with E-state index < -0.39 is 0 Å². The van der Waals surface area contributed by atoms with E-state index in [4.69, 9.17) is 0 Å². The molecule has 1 aromatic rings. The fraction of sp³-hybridized carbons (Fsp3) is 0.615. The summed E-state index contributed by atoms with van der Waals surface area (Å²) in [7, 11) is 1.89. The Morgan fingerprint density at radius 3 is 2.35 bits per heavy atom. The Morgan fingerprint density at radius 1 is 1.18 bits per heavy atom. The van der Waals surface area contributed by atoms with Crippen molar-refractivity contribution >= 4 is 11.5 Å². The minimum atomic E-state index is 0.655. The molecule has 0 bridgehead atoms. The van der Waals surface area contributed by atoms with E-state index in [1.165, 1.54) is 5.69 Å². The van der Waals surface area contributed by atoms with Gasteiger partial charge < -0.3 is 10.2 Å². The largest absolute Gasteiger partial charge is 0.373 e. The number of hydrogen-bond donors (Lipinski definition) is 1. The molecule has 0 atom stereocenters. The van der Waals surface area contributed by atoms with Gasteiger partial charge in [0.15, 0.2) is 0 Å². The Bertz CT molecular complexity index is 339. The molecule has 1 aliphatic heterocycles. The maximum atomic E-state index is 4.36. The molecule has 94 valence electrons. The summed E-state index contributed by atoms with van der Waals surface area (Å²) >= 11 is 0. The van der Waals surface area contributed by atoms with Crippen LogP contribution in [0.5, 0.6) is 0 Å². The molecule has 1 N–H and O–H groups in total. The minimum Gasteiger partial charge on any atom is -0.373 e. The molecular formula is C13H22N4. The Balaban J connectivity index is 1.95. The van der Waals surface area contributed by atoms with Gasteiger partial charge in [-0.05, 0) is 26.0 Å². The molecule has 1 fully saturated rings. The van der Waals surface area contributed by atoms with Crippen LogP contribution in [0.2, 0.25) is 0 Å². The van der Waals surface area contributed by atoms with Gasteiger partial charge in [0.2, 0.25) is 0 Å². The SMILES string of the molecule is CNc1ccc(N2CCN(C(C)C)CC2)cn1. The summed E-state index contributed by atoms with van der Waals surface area (Å²) in [4.78, 5) is 9.29. The highest BCUT2D eigenvalue weighted by molar-refractivity contribution is 5.49. The molecule has 0 aromatic carbocycles. The first kappa shape index (κ1) is 12.2. The van der Waals surface area contributed by atoms with Gasteiger partial charge in [-0.15, -0.1) is 0 Å². The monoisotopic (exact) mass is 234 g/mol. The van der Waals surface area contributed by atoms with Crippen molar-refractivity contribution in [3.63, 3.8) is 0 Å². The summed E-state index contributed by atoms with van der Waals surface area (Å²) in [5, 5.41) is 3.04. The van der Waals surface area contributed by atoms with Gasteiger partial charge in [-0.1, -0.05) is 0 Å². The zero-order valence-electron chi connectivity index (χ0n) is 11.0. The molecule has 4 heteroatoms. The van der Waals surface area contributed by atoms with Gasteiger partial charge >= 0.3 is 0 Å². The number of nitrogens with one attached hydrogen (secondary N) is 1. The van der Waals surface area contributed by atoms with Crippen molar-refractivity contribution in [1.29, 1.82) is 0 Å². The summed E-state index contributed by atoms with van der Waals surface area (Å²) in [5.41, 5.74) is 1.23. The van der Waals surface area contributed by atoms with E-state index in [1.54, 1.807) is 0 Å². The highest BCUT2D eigenvalue weighted by atomic mass is 15.3. The van der Waals surface area contributed by atoms with Gasteiger partial charge in [-0.2, -0.15) is 0 Å². The maximum Gasteiger partial charge on any atom is 0.125 e. The van der Waals surface area contributed by atoms with Crippen LogP contribution in [0.15, 0.2) is 18.3 Å². The molecule has 0 spiro atoms. The lowest BCUT2D eigenvalue weighted by molar-refractivity contribution is 0.209. The fourth-order valence-corrected chi connectivity index (χ4v) is 2.22. The first-order valence-electron chi connectivity index (χ1n) is 6.33. The summed E-state index contributed by atoms with van der Waals surface area (Å²) in [6.45, 7) is 9.01. The van der Waals surface area contributed by atoms with Crippen molar-refractivity contribution in [1.82, 2.24) is 9.88 Å². The van der Waals surface area contributed by atoms with Crippen LogP contribution in [-0.4, -0.2) is 49.2 Å². The number of piperazine rings is 1. The van der Waals surface area contributed by atoms with E-state index in [1.807, 2.05) is 19.3 Å². The first-order chi connectivity index (χ1) is 8.20. The second-order valence-corrected chi connectivity index (χ2v) is 4.77. The zero-order valence-corrected chi connectivity index (χ0v) is 11.0. The van der Waals surface area contributed by atoms with E-state index in [9.17, 15) is 0 Å². The Labute approximate surface area is 104 Å². The smallest absolute Gasteiger partial charge is 0.125 e. The third kappa shape index (κ3) is 2.88. The van der Waals surface area contributed by atoms with Gasteiger partial charge in [0.25, 0.3) is 0 Å². The van der Waals surface area contributed by atoms with E-state index in [2.05, 4.69) is 40.0 Å². The maximum absolute atomic E-state index is 4.36. The number of rotatable bonds is 3. The quantitative estimate of drug-likeness (QED) is 0.862. The first-order valence-corrected chi connectivity index (χ1v) is 6.33. The lowest BCUT2D eigenvalue weighted by atomic mass is 10.2. The van der Waals surface area contributed by atoms with Crippen LogP contribution in [0.4, 0.5) is 11.5 Å². The van der Waals surface area contributed by atoms with Crippen molar-refractivity contribution in [2.45, 2.75) is 19.9 Å². The van der Waals surface area contributed by atoms with E-state index in [-0.39, 0.29) is 0 Å². The summed E-state index contributed by atoms with van der Waals surface area (Å²) in [6, 6.07) is 4.83. The third-order valence-electron chi connectivity index (χ3n) is 3.41. The average Bonchev–Trinajstić information content (AvgIpc) is 2.39. The Hall–Kier alpha value is -1.29. The standard InChI is InChI=1S/C13H22N4/c1-11(2)16-6-8-17(9-7-16)12-4-5-13(14-3)15-10-12/h4-5,10-11H,6-9H2,1-3H3,(H,14,15). The highest BCUT2D eigenvalue weighted by Crippen LogP contribution is 2.17. The van der Waals surface area contributed by atoms with Gasteiger partial charge in [-0.3, -0.25) is 4.90 Å². The van der Waals surface area contributed by atoms with E-state index in [0.29, 0.717) is 6.04 Å². The van der Waals surface area contributed by atoms with Crippen LogP contribution in [-0.2, 0) is 0 Å². The molecule has 1 aliphatic rings. The predicted molar refractivity (Wildman–Crippen MR) is 72.7 cm³/mol. The molecule has 0 unspecified atom stereocenters. The van der Waals surface area contributed by atoms with Crippen molar-refractivity contribution < 1.29 is 0 Å². The molecule has 0 saturated carbocycles. The zero-order chi connectivity index (χ0) is 12.3. The average molecular weight is 234 g/mol. The number of anilines is 2. The molecule has 1 aromatic heterocycles. The van der Waals surface area contributed by atoms with Crippen LogP contribution in [0.1, 0.15) is 13.8 Å². The molecule has 4 nitrogen and oxygen atoms in total. The van der Waals surface area contributed by atoms with Crippen molar-refractivity contribution in [2.75, 3.05) is 43.4 Å². The molecule has 17 heavy (non-hydrogen) atoms. The molecule has 1 saturated heterocycles. The topological polar surface area (TPSA) is 31.4 Å². The van der Waals surface area contributed by atoms with Crippen LogP contribution in [0.25, 0.3) is 0 Å². The van der Waals surface area contributed by atoms with E-state index in [0.717, 1.165) is 32.0 Å². The summed E-state index contributed by atoms with van der Waals surface area (Å²) in [5.74, 6) is 0.926. The van der Waals surface area contributed by atoms with Crippen LogP contribution in [0.3, 0.4) is 0 Å². The molecular weight excluding hydrogens is 212 g/mol. The van der Waals surface area contributed by atoms with Crippen molar-refractivity contribution in [2.24, 2.45) is 0 Å². The summed E-state index contributed by atoms with van der Waals surface area (Å²) < 4.78 is 0. The van der Waals surface area contributed by atoms with Gasteiger partial charge in [0.05, 0.1) is 11.9 Å². The lowest BCUT2D eigenvalue weighted by Gasteiger charge is -2.38. The molecule has 2 heterocycles. The minimum absolute atomic E-state index is 0.655. The highest BCUT2D eigenvalue weighted by Gasteiger charge is 2.18. The molecule has 0 radical (unpaired) electrons. The van der Waals surface area contributed by atoms with Gasteiger partial charge in [-0.25, -0.2) is 4.98 Å². The molecule has 2 rings (SSSR count). The van der Waals surface area contributed by atoms with E-state index >= 15 is 0 Å². The third-order valence-corrected chi connectivity index (χ3v) is 3.41.